The molecule has 0 unspecified atom stereocenters. The third-order valence-electron chi connectivity index (χ3n) is 4.39. The average Bonchev–Trinajstić information content (AvgIpc) is 3.19. The molecule has 0 saturated carbocycles. The van der Waals surface area contributed by atoms with Crippen LogP contribution in [0.3, 0.4) is 0 Å². The monoisotopic (exact) mass is 345 g/mol. The van der Waals surface area contributed by atoms with E-state index in [1.165, 1.54) is 0 Å². The molecular weight excluding hydrogens is 322 g/mol. The van der Waals surface area contributed by atoms with E-state index in [-0.39, 0.29) is 24.3 Å². The molecule has 1 saturated heterocycles. The number of methoxy groups -OCH3 is 1. The second kappa shape index (κ2) is 7.65. The van der Waals surface area contributed by atoms with Crippen LogP contribution in [-0.4, -0.2) is 54.4 Å². The van der Waals surface area contributed by atoms with Gasteiger partial charge in [-0.25, -0.2) is 0 Å². The second-order valence-electron chi connectivity index (χ2n) is 6.41. The molecule has 1 aromatic heterocycles. The summed E-state index contributed by atoms with van der Waals surface area (Å²) in [5.74, 6) is 1.93. The first kappa shape index (κ1) is 17.4. The lowest BCUT2D eigenvalue weighted by Crippen LogP contribution is -2.33. The Hall–Kier alpha value is -2.41. The molecule has 1 aromatic carbocycles. The van der Waals surface area contributed by atoms with Crippen molar-refractivity contribution in [1.82, 2.24) is 15.0 Å². The molecule has 2 heterocycles. The number of benzene rings is 1. The van der Waals surface area contributed by atoms with Gasteiger partial charge in [0, 0.05) is 26.1 Å². The number of nitrogens with zero attached hydrogens (tertiary/aromatic N) is 3. The number of ether oxygens (including phenoxy) is 2. The highest BCUT2D eigenvalue weighted by Crippen LogP contribution is 2.32. The molecule has 2 atom stereocenters. The lowest BCUT2D eigenvalue weighted by Gasteiger charge is -2.16. The molecule has 25 heavy (non-hydrogen) atoms. The van der Waals surface area contributed by atoms with Crippen molar-refractivity contribution >= 4 is 5.91 Å². The highest BCUT2D eigenvalue weighted by Gasteiger charge is 2.39. The van der Waals surface area contributed by atoms with Gasteiger partial charge in [-0.2, -0.15) is 4.98 Å². The quantitative estimate of drug-likeness (QED) is 0.796. The zero-order valence-corrected chi connectivity index (χ0v) is 14.8. The summed E-state index contributed by atoms with van der Waals surface area (Å²) in [5, 5.41) is 3.85. The first-order valence-corrected chi connectivity index (χ1v) is 8.33. The van der Waals surface area contributed by atoms with E-state index in [0.717, 1.165) is 5.56 Å². The van der Waals surface area contributed by atoms with Gasteiger partial charge < -0.3 is 18.9 Å². The number of amides is 1. The van der Waals surface area contributed by atoms with E-state index >= 15 is 0 Å². The van der Waals surface area contributed by atoms with Crippen LogP contribution in [0.1, 0.15) is 23.2 Å². The van der Waals surface area contributed by atoms with Crippen LogP contribution < -0.4 is 4.74 Å². The van der Waals surface area contributed by atoms with Crippen LogP contribution in [0.25, 0.3) is 0 Å². The van der Waals surface area contributed by atoms with Crippen molar-refractivity contribution in [2.24, 2.45) is 5.92 Å². The third-order valence-corrected chi connectivity index (χ3v) is 4.39. The van der Waals surface area contributed by atoms with E-state index in [1.807, 2.05) is 31.2 Å². The zero-order chi connectivity index (χ0) is 17.8. The maximum Gasteiger partial charge on any atom is 0.260 e. The van der Waals surface area contributed by atoms with E-state index in [2.05, 4.69) is 10.1 Å². The van der Waals surface area contributed by atoms with Gasteiger partial charge in [0.15, 0.2) is 12.4 Å². The molecule has 134 valence electrons. The van der Waals surface area contributed by atoms with Gasteiger partial charge in [-0.1, -0.05) is 17.3 Å². The van der Waals surface area contributed by atoms with Gasteiger partial charge in [0.25, 0.3) is 5.91 Å². The maximum atomic E-state index is 12.5. The van der Waals surface area contributed by atoms with Crippen molar-refractivity contribution in [1.29, 1.82) is 0 Å². The molecule has 7 nitrogen and oxygen atoms in total. The summed E-state index contributed by atoms with van der Waals surface area (Å²) in [6.07, 6.45) is 0. The summed E-state index contributed by atoms with van der Waals surface area (Å²) in [7, 11) is 1.65. The lowest BCUT2D eigenvalue weighted by molar-refractivity contribution is -0.132. The molecular formula is C18H23N3O4. The predicted molar refractivity (Wildman–Crippen MR) is 90.4 cm³/mol. The minimum Gasteiger partial charge on any atom is -0.484 e. The van der Waals surface area contributed by atoms with Gasteiger partial charge >= 0.3 is 0 Å². The fourth-order valence-corrected chi connectivity index (χ4v) is 3.14. The number of carbonyl (C=O) groups excluding carboxylic acids is 1. The van der Waals surface area contributed by atoms with Gasteiger partial charge in [0.2, 0.25) is 5.89 Å². The summed E-state index contributed by atoms with van der Waals surface area (Å²) in [6, 6.07) is 7.66. The fourth-order valence-electron chi connectivity index (χ4n) is 3.14. The van der Waals surface area contributed by atoms with Crippen molar-refractivity contribution in [3.05, 3.63) is 41.5 Å². The van der Waals surface area contributed by atoms with Crippen LogP contribution in [0, 0.1) is 19.8 Å². The summed E-state index contributed by atoms with van der Waals surface area (Å²) in [6.45, 7) is 5.45. The van der Waals surface area contributed by atoms with Gasteiger partial charge in [0.1, 0.15) is 5.75 Å². The van der Waals surface area contributed by atoms with Gasteiger partial charge in [-0.15, -0.1) is 0 Å². The Morgan fingerprint density at radius 3 is 2.88 bits per heavy atom. The number of hydrogen-bond acceptors (Lipinski definition) is 6. The molecule has 0 N–H and O–H groups in total. The number of carbonyl (C=O) groups is 1. The minimum absolute atomic E-state index is 0.0101. The highest BCUT2D eigenvalue weighted by molar-refractivity contribution is 5.78. The molecule has 1 aliphatic rings. The summed E-state index contributed by atoms with van der Waals surface area (Å²) in [5.41, 5.74) is 1.10. The van der Waals surface area contributed by atoms with Crippen molar-refractivity contribution in [3.8, 4) is 5.75 Å². The van der Waals surface area contributed by atoms with E-state index in [9.17, 15) is 4.79 Å². The Balaban J connectivity index is 1.63. The van der Waals surface area contributed by atoms with Crippen LogP contribution in [0.5, 0.6) is 5.75 Å². The SMILES string of the molecule is COC[C@@H]1CN(C(=O)COc2cccc(C)c2)C[C@H]1c1nc(C)no1. The smallest absolute Gasteiger partial charge is 0.260 e. The fraction of sp³-hybridized carbons (Fsp3) is 0.500. The summed E-state index contributed by atoms with van der Waals surface area (Å²) < 4.78 is 16.2. The first-order valence-electron chi connectivity index (χ1n) is 8.33. The lowest BCUT2D eigenvalue weighted by atomic mass is 9.97. The molecule has 1 amide bonds. The second-order valence-corrected chi connectivity index (χ2v) is 6.41. The molecule has 0 radical (unpaired) electrons. The topological polar surface area (TPSA) is 77.7 Å². The summed E-state index contributed by atoms with van der Waals surface area (Å²) in [4.78, 5) is 18.6. The predicted octanol–water partition coefficient (Wildman–Crippen LogP) is 1.95. The molecule has 0 spiro atoms. The van der Waals surface area contributed by atoms with Crippen molar-refractivity contribution in [2.45, 2.75) is 19.8 Å². The third kappa shape index (κ3) is 4.17. The molecule has 1 fully saturated rings. The highest BCUT2D eigenvalue weighted by atomic mass is 16.5. The van der Waals surface area contributed by atoms with Crippen LogP contribution in [-0.2, 0) is 9.53 Å². The van der Waals surface area contributed by atoms with Crippen LogP contribution in [0.4, 0.5) is 0 Å². The van der Waals surface area contributed by atoms with Crippen LogP contribution in [0.2, 0.25) is 0 Å². The Morgan fingerprint density at radius 1 is 1.36 bits per heavy atom. The van der Waals surface area contributed by atoms with Crippen molar-refractivity contribution in [3.63, 3.8) is 0 Å². The largest absolute Gasteiger partial charge is 0.484 e. The van der Waals surface area contributed by atoms with Gasteiger partial charge in [-0.05, 0) is 31.5 Å². The van der Waals surface area contributed by atoms with Crippen LogP contribution in [0.15, 0.2) is 28.8 Å². The molecule has 2 aromatic rings. The number of aryl methyl sites for hydroxylation is 2. The van der Waals surface area contributed by atoms with E-state index in [4.69, 9.17) is 14.0 Å². The Labute approximate surface area is 146 Å². The summed E-state index contributed by atoms with van der Waals surface area (Å²) >= 11 is 0. The molecule has 3 rings (SSSR count). The molecule has 0 aliphatic carbocycles. The number of likely N-dealkylation sites (tertiary alicyclic amines) is 1. The standard InChI is InChI=1S/C18H23N3O4/c1-12-5-4-6-15(7-12)24-11-17(22)21-8-14(10-23-3)16(9-21)18-19-13(2)20-25-18/h4-7,14,16H,8-11H2,1-3H3/t14-,16+/m0/s1. The molecule has 7 heteroatoms. The maximum absolute atomic E-state index is 12.5. The van der Waals surface area contributed by atoms with Gasteiger partial charge in [-0.3, -0.25) is 4.79 Å². The molecule has 1 aliphatic heterocycles. The minimum atomic E-state index is -0.0543. The number of hydrogen-bond donors (Lipinski definition) is 0. The zero-order valence-electron chi connectivity index (χ0n) is 14.8. The van der Waals surface area contributed by atoms with E-state index < -0.39 is 0 Å². The Morgan fingerprint density at radius 2 is 2.20 bits per heavy atom. The Kier molecular flexibility index (Phi) is 5.33. The van der Waals surface area contributed by atoms with Crippen LogP contribution >= 0.6 is 0 Å². The average molecular weight is 345 g/mol. The normalized spacial score (nSPS) is 20.0. The van der Waals surface area contributed by atoms with E-state index in [0.29, 0.717) is 37.2 Å². The van der Waals surface area contributed by atoms with Crippen molar-refractivity contribution < 1.29 is 18.8 Å². The number of rotatable bonds is 6. The van der Waals surface area contributed by atoms with Gasteiger partial charge in [0.05, 0.1) is 12.5 Å². The number of aromatic nitrogens is 2. The Bertz CT molecular complexity index is 731. The molecule has 0 bridgehead atoms. The van der Waals surface area contributed by atoms with E-state index in [1.54, 1.807) is 18.9 Å². The first-order chi connectivity index (χ1) is 12.1. The van der Waals surface area contributed by atoms with Crippen molar-refractivity contribution in [2.75, 3.05) is 33.4 Å².